The monoisotopic (exact) mass is 662 g/mol. The molecule has 0 radical (unpaired) electrons. The summed E-state index contributed by atoms with van der Waals surface area (Å²) >= 11 is 0. The minimum atomic E-state index is 1.10. The van der Waals surface area contributed by atoms with E-state index in [0.29, 0.717) is 0 Å². The Morgan fingerprint density at radius 3 is 1.87 bits per heavy atom. The van der Waals surface area contributed by atoms with Crippen molar-refractivity contribution in [2.75, 3.05) is 4.90 Å². The molecule has 0 unspecified atom stereocenters. The van der Waals surface area contributed by atoms with E-state index in [9.17, 15) is 0 Å². The second kappa shape index (κ2) is 12.5. The Morgan fingerprint density at radius 2 is 1.00 bits per heavy atom. The zero-order chi connectivity index (χ0) is 34.4. The van der Waals surface area contributed by atoms with Crippen LogP contribution >= 0.6 is 0 Å². The van der Waals surface area contributed by atoms with Crippen molar-refractivity contribution in [2.24, 2.45) is 0 Å². The zero-order valence-electron chi connectivity index (χ0n) is 28.5. The van der Waals surface area contributed by atoms with Crippen molar-refractivity contribution in [3.63, 3.8) is 0 Å². The van der Waals surface area contributed by atoms with E-state index in [4.69, 9.17) is 0 Å². The molecule has 0 aliphatic carbocycles. The molecule has 244 valence electrons. The van der Waals surface area contributed by atoms with Crippen LogP contribution in [0.5, 0.6) is 0 Å². The van der Waals surface area contributed by atoms with Gasteiger partial charge in [-0.25, -0.2) is 0 Å². The van der Waals surface area contributed by atoms with Gasteiger partial charge in [0.25, 0.3) is 0 Å². The summed E-state index contributed by atoms with van der Waals surface area (Å²) in [7, 11) is 0. The van der Waals surface area contributed by atoms with Gasteiger partial charge in [-0.15, -0.1) is 0 Å². The first kappa shape index (κ1) is 30.0. The van der Waals surface area contributed by atoms with E-state index in [2.05, 4.69) is 216 Å². The second-order valence-corrected chi connectivity index (χ2v) is 13.4. The minimum absolute atomic E-state index is 1.10. The molecule has 1 aromatic heterocycles. The molecule has 0 spiro atoms. The lowest BCUT2D eigenvalue weighted by Crippen LogP contribution is -2.11. The van der Waals surface area contributed by atoms with Gasteiger partial charge in [0.1, 0.15) is 0 Å². The Morgan fingerprint density at radius 1 is 0.346 bits per heavy atom. The summed E-state index contributed by atoms with van der Waals surface area (Å²) in [5, 5.41) is 7.56. The van der Waals surface area contributed by atoms with Crippen LogP contribution in [-0.4, -0.2) is 4.57 Å². The highest BCUT2D eigenvalue weighted by atomic mass is 15.1. The molecule has 0 atom stereocenters. The van der Waals surface area contributed by atoms with Gasteiger partial charge in [-0.1, -0.05) is 152 Å². The van der Waals surface area contributed by atoms with Crippen molar-refractivity contribution in [1.29, 1.82) is 0 Å². The number of anilines is 3. The third-order valence-corrected chi connectivity index (χ3v) is 10.3. The lowest BCUT2D eigenvalue weighted by Gasteiger charge is -2.28. The summed E-state index contributed by atoms with van der Waals surface area (Å²) in [4.78, 5) is 2.39. The van der Waals surface area contributed by atoms with Crippen LogP contribution in [0.3, 0.4) is 0 Å². The summed E-state index contributed by atoms with van der Waals surface area (Å²) in [6.45, 7) is 0. The predicted molar refractivity (Wildman–Crippen MR) is 221 cm³/mol. The van der Waals surface area contributed by atoms with Gasteiger partial charge in [0.2, 0.25) is 0 Å². The van der Waals surface area contributed by atoms with Crippen LogP contribution in [0.4, 0.5) is 17.1 Å². The van der Waals surface area contributed by atoms with Gasteiger partial charge in [-0.2, -0.15) is 0 Å². The largest absolute Gasteiger partial charge is 0.310 e. The van der Waals surface area contributed by atoms with E-state index in [1.807, 2.05) is 0 Å². The Balaban J connectivity index is 1.09. The van der Waals surface area contributed by atoms with E-state index < -0.39 is 0 Å². The fourth-order valence-electron chi connectivity index (χ4n) is 7.92. The van der Waals surface area contributed by atoms with E-state index in [0.717, 1.165) is 22.7 Å². The Kier molecular flexibility index (Phi) is 7.18. The van der Waals surface area contributed by atoms with Crippen LogP contribution in [0.2, 0.25) is 0 Å². The van der Waals surface area contributed by atoms with Gasteiger partial charge in [0, 0.05) is 33.4 Å². The molecule has 0 aliphatic rings. The Labute approximate surface area is 303 Å². The topological polar surface area (TPSA) is 8.17 Å². The molecule has 0 bridgehead atoms. The number of para-hydroxylation sites is 2. The zero-order valence-corrected chi connectivity index (χ0v) is 28.5. The summed E-state index contributed by atoms with van der Waals surface area (Å²) in [6, 6.07) is 74.6. The van der Waals surface area contributed by atoms with Crippen LogP contribution in [0, 0.1) is 0 Å². The molecule has 0 fully saturated rings. The molecule has 0 aliphatic heterocycles. The first-order valence-electron chi connectivity index (χ1n) is 17.9. The molecule has 0 saturated heterocycles. The smallest absolute Gasteiger partial charge is 0.0547 e. The summed E-state index contributed by atoms with van der Waals surface area (Å²) in [6.07, 6.45) is 0. The highest BCUT2D eigenvalue weighted by molar-refractivity contribution is 6.21. The predicted octanol–water partition coefficient (Wildman–Crippen LogP) is 13.9. The van der Waals surface area contributed by atoms with Gasteiger partial charge in [-0.3, -0.25) is 0 Å². The van der Waals surface area contributed by atoms with Crippen LogP contribution < -0.4 is 4.90 Å². The maximum Gasteiger partial charge on any atom is 0.0547 e. The van der Waals surface area contributed by atoms with Gasteiger partial charge in [0.05, 0.1) is 16.7 Å². The number of aromatic nitrogens is 1. The van der Waals surface area contributed by atoms with Crippen molar-refractivity contribution >= 4 is 60.4 Å². The lowest BCUT2D eigenvalue weighted by molar-refractivity contribution is 1.18. The number of hydrogen-bond acceptors (Lipinski definition) is 1. The number of rotatable bonds is 6. The van der Waals surface area contributed by atoms with E-state index in [1.165, 1.54) is 65.6 Å². The summed E-state index contributed by atoms with van der Waals surface area (Å²) < 4.78 is 2.41. The van der Waals surface area contributed by atoms with Crippen LogP contribution in [0.25, 0.3) is 71.3 Å². The first-order chi connectivity index (χ1) is 25.8. The summed E-state index contributed by atoms with van der Waals surface area (Å²) in [5.41, 5.74) is 11.7. The van der Waals surface area contributed by atoms with Gasteiger partial charge >= 0.3 is 0 Å². The number of fused-ring (bicyclic) bond motifs is 6. The average Bonchev–Trinajstić information content (AvgIpc) is 3.57. The van der Waals surface area contributed by atoms with Crippen molar-refractivity contribution in [3.05, 3.63) is 206 Å². The maximum absolute atomic E-state index is 2.41. The third-order valence-electron chi connectivity index (χ3n) is 10.3. The van der Waals surface area contributed by atoms with Gasteiger partial charge < -0.3 is 9.47 Å². The maximum atomic E-state index is 2.41. The fraction of sp³-hybridized carbons (Fsp3) is 0. The normalized spacial score (nSPS) is 11.5. The SMILES string of the molecule is c1ccc(-c2ccccc2N(c2ccc(-c3cccc(-n4c5ccccc5c5c6ccccc6ccc54)c3)cc2)c2ccc3ccccc3c2)cc1. The van der Waals surface area contributed by atoms with Gasteiger partial charge in [0.15, 0.2) is 0 Å². The van der Waals surface area contributed by atoms with E-state index in [1.54, 1.807) is 0 Å². The first-order valence-corrected chi connectivity index (χ1v) is 17.9. The molecule has 0 amide bonds. The molecule has 0 N–H and O–H groups in total. The molecule has 1 heterocycles. The molecule has 10 rings (SSSR count). The van der Waals surface area contributed by atoms with Crippen LogP contribution in [0.15, 0.2) is 206 Å². The number of hydrogen-bond donors (Lipinski definition) is 0. The van der Waals surface area contributed by atoms with Crippen LogP contribution in [0.1, 0.15) is 0 Å². The van der Waals surface area contributed by atoms with Gasteiger partial charge in [-0.05, 0) is 92.8 Å². The van der Waals surface area contributed by atoms with Crippen molar-refractivity contribution in [3.8, 4) is 27.9 Å². The Bertz CT molecular complexity index is 2900. The molecule has 10 aromatic rings. The number of benzene rings is 9. The molecule has 9 aromatic carbocycles. The highest BCUT2D eigenvalue weighted by Crippen LogP contribution is 2.42. The molecule has 2 heteroatoms. The molecular formula is C50H34N2. The Hall–Kier alpha value is -6.90. The molecule has 2 nitrogen and oxygen atoms in total. The van der Waals surface area contributed by atoms with Crippen molar-refractivity contribution < 1.29 is 0 Å². The summed E-state index contributed by atoms with van der Waals surface area (Å²) in [5.74, 6) is 0. The quantitative estimate of drug-likeness (QED) is 0.172. The van der Waals surface area contributed by atoms with E-state index in [-0.39, 0.29) is 0 Å². The minimum Gasteiger partial charge on any atom is -0.310 e. The molecule has 52 heavy (non-hydrogen) atoms. The van der Waals surface area contributed by atoms with Crippen molar-refractivity contribution in [2.45, 2.75) is 0 Å². The number of nitrogens with zero attached hydrogens (tertiary/aromatic N) is 2. The molecular weight excluding hydrogens is 629 g/mol. The highest BCUT2D eigenvalue weighted by Gasteiger charge is 2.18. The fourth-order valence-corrected chi connectivity index (χ4v) is 7.92. The van der Waals surface area contributed by atoms with E-state index >= 15 is 0 Å². The standard InChI is InChI=1S/C50H34N2/c1-2-14-37(15-3-1)44-20-8-10-23-47(44)51(43-31-27-35-13-4-5-17-39(35)34-43)41-29-25-36(26-30-41)40-18-12-19-42(33-40)52-48-24-11-9-22-46(48)50-45-21-7-6-16-38(45)28-32-49(50)52/h1-34H. The second-order valence-electron chi connectivity index (χ2n) is 13.4. The lowest BCUT2D eigenvalue weighted by atomic mass is 10.0. The molecule has 0 saturated carbocycles. The average molecular weight is 663 g/mol. The van der Waals surface area contributed by atoms with Crippen LogP contribution in [-0.2, 0) is 0 Å². The van der Waals surface area contributed by atoms with Crippen molar-refractivity contribution in [1.82, 2.24) is 4.57 Å². The third kappa shape index (κ3) is 5.04.